The molecule has 0 saturated heterocycles. The number of amides is 1. The van der Waals surface area contributed by atoms with Gasteiger partial charge in [0.15, 0.2) is 0 Å². The van der Waals surface area contributed by atoms with Gasteiger partial charge in [-0.3, -0.25) is 4.79 Å². The molecule has 15 heavy (non-hydrogen) atoms. The van der Waals surface area contributed by atoms with Crippen LogP contribution in [0, 0.1) is 6.92 Å². The lowest BCUT2D eigenvalue weighted by Gasteiger charge is -1.96. The molecule has 0 saturated carbocycles. The van der Waals surface area contributed by atoms with E-state index in [1.54, 1.807) is 19.4 Å². The maximum absolute atomic E-state index is 10.9. The highest BCUT2D eigenvalue weighted by Crippen LogP contribution is 1.92. The minimum atomic E-state index is -0.259. The molecule has 1 amide bonds. The van der Waals surface area contributed by atoms with Gasteiger partial charge in [0.2, 0.25) is 5.82 Å². The van der Waals surface area contributed by atoms with Gasteiger partial charge in [0, 0.05) is 19.4 Å². The first-order valence-corrected chi connectivity index (χ1v) is 5.25. The molecule has 1 aromatic heterocycles. The molecule has 1 aromatic rings. The third-order valence-electron chi connectivity index (χ3n) is 1.21. The summed E-state index contributed by atoms with van der Waals surface area (Å²) < 4.78 is 0. The van der Waals surface area contributed by atoms with Gasteiger partial charge in [0.1, 0.15) is 0 Å². The summed E-state index contributed by atoms with van der Waals surface area (Å²) in [6.45, 7) is 9.87. The van der Waals surface area contributed by atoms with Gasteiger partial charge in [-0.1, -0.05) is 27.7 Å². The molecule has 4 heteroatoms. The Morgan fingerprint density at radius 1 is 1.13 bits per heavy atom. The molecule has 86 valence electrons. The van der Waals surface area contributed by atoms with Gasteiger partial charge in [-0.05, 0) is 12.5 Å². The van der Waals surface area contributed by atoms with E-state index >= 15 is 0 Å². The van der Waals surface area contributed by atoms with E-state index in [2.05, 4.69) is 15.3 Å². The number of hydrogen-bond donors (Lipinski definition) is 1. The normalized spacial score (nSPS) is 7.60. The fourth-order valence-corrected chi connectivity index (χ4v) is 0.622. The highest BCUT2D eigenvalue weighted by atomic mass is 16.2. The van der Waals surface area contributed by atoms with E-state index in [1.807, 2.05) is 34.6 Å². The minimum absolute atomic E-state index is 0.207. The van der Waals surface area contributed by atoms with Gasteiger partial charge < -0.3 is 5.32 Å². The van der Waals surface area contributed by atoms with Crippen molar-refractivity contribution in [2.45, 2.75) is 34.6 Å². The Morgan fingerprint density at radius 2 is 1.53 bits per heavy atom. The summed E-state index contributed by atoms with van der Waals surface area (Å²) in [7, 11) is 1.55. The van der Waals surface area contributed by atoms with Crippen molar-refractivity contribution in [3.63, 3.8) is 0 Å². The number of carbonyl (C=O) groups is 1. The Hall–Kier alpha value is -1.45. The van der Waals surface area contributed by atoms with Crippen LogP contribution < -0.4 is 5.32 Å². The SMILES string of the molecule is CC.CC.CNC(=O)c1ncc(C)cn1. The molecule has 0 atom stereocenters. The molecule has 1 N–H and O–H groups in total. The maximum Gasteiger partial charge on any atom is 0.288 e. The summed E-state index contributed by atoms with van der Waals surface area (Å²) in [5, 5.41) is 2.44. The zero-order valence-corrected chi connectivity index (χ0v) is 10.5. The van der Waals surface area contributed by atoms with Gasteiger partial charge in [-0.25, -0.2) is 9.97 Å². The molecule has 0 fully saturated rings. The highest BCUT2D eigenvalue weighted by Gasteiger charge is 2.03. The summed E-state index contributed by atoms with van der Waals surface area (Å²) in [5.41, 5.74) is 0.942. The van der Waals surface area contributed by atoms with E-state index < -0.39 is 0 Å². The molecule has 0 aliphatic carbocycles. The Balaban J connectivity index is 0. The maximum atomic E-state index is 10.9. The lowest BCUT2D eigenvalue weighted by molar-refractivity contribution is 0.0952. The van der Waals surface area contributed by atoms with Crippen LogP contribution >= 0.6 is 0 Å². The number of carbonyl (C=O) groups excluding carboxylic acids is 1. The number of aromatic nitrogens is 2. The van der Waals surface area contributed by atoms with Gasteiger partial charge >= 0.3 is 0 Å². The van der Waals surface area contributed by atoms with Gasteiger partial charge in [0.05, 0.1) is 0 Å². The predicted octanol–water partition coefficient (Wildman–Crippen LogP) is 2.20. The fourth-order valence-electron chi connectivity index (χ4n) is 0.622. The molecule has 0 radical (unpaired) electrons. The molecule has 0 aromatic carbocycles. The summed E-state index contributed by atoms with van der Waals surface area (Å²) in [6.07, 6.45) is 3.22. The fraction of sp³-hybridized carbons (Fsp3) is 0.545. The Bertz CT molecular complexity index is 257. The van der Waals surface area contributed by atoms with Crippen molar-refractivity contribution in [3.05, 3.63) is 23.8 Å². The minimum Gasteiger partial charge on any atom is -0.352 e. The van der Waals surface area contributed by atoms with Crippen molar-refractivity contribution >= 4 is 5.91 Å². The smallest absolute Gasteiger partial charge is 0.288 e. The number of hydrogen-bond acceptors (Lipinski definition) is 3. The first kappa shape index (κ1) is 16.0. The van der Waals surface area contributed by atoms with E-state index in [0.29, 0.717) is 0 Å². The van der Waals surface area contributed by atoms with E-state index in [9.17, 15) is 4.79 Å². The lowest BCUT2D eigenvalue weighted by Crippen LogP contribution is -2.20. The zero-order chi connectivity index (χ0) is 12.3. The largest absolute Gasteiger partial charge is 0.352 e. The van der Waals surface area contributed by atoms with E-state index in [1.165, 1.54) is 0 Å². The number of nitrogens with zero attached hydrogens (tertiary/aromatic N) is 2. The number of nitrogens with one attached hydrogen (secondary N) is 1. The van der Waals surface area contributed by atoms with Crippen LogP contribution in [0.25, 0.3) is 0 Å². The quantitative estimate of drug-likeness (QED) is 0.774. The van der Waals surface area contributed by atoms with Crippen molar-refractivity contribution in [1.82, 2.24) is 15.3 Å². The third kappa shape index (κ3) is 6.60. The average molecular weight is 211 g/mol. The molecule has 1 rings (SSSR count). The first-order valence-electron chi connectivity index (χ1n) is 5.25. The second-order valence-electron chi connectivity index (χ2n) is 2.16. The molecule has 4 nitrogen and oxygen atoms in total. The van der Waals surface area contributed by atoms with Crippen molar-refractivity contribution < 1.29 is 4.79 Å². The number of rotatable bonds is 1. The molecular weight excluding hydrogens is 190 g/mol. The molecule has 0 unspecified atom stereocenters. The van der Waals surface area contributed by atoms with Crippen LogP contribution in [0.3, 0.4) is 0 Å². The molecule has 0 spiro atoms. The zero-order valence-electron chi connectivity index (χ0n) is 10.5. The second kappa shape index (κ2) is 10.6. The van der Waals surface area contributed by atoms with Gasteiger partial charge in [-0.15, -0.1) is 0 Å². The summed E-state index contributed by atoms with van der Waals surface area (Å²) >= 11 is 0. The van der Waals surface area contributed by atoms with Crippen molar-refractivity contribution in [2.75, 3.05) is 7.05 Å². The molecular formula is C11H21N3O. The van der Waals surface area contributed by atoms with Crippen LogP contribution in [-0.4, -0.2) is 22.9 Å². The summed E-state index contributed by atoms with van der Waals surface area (Å²) in [6, 6.07) is 0. The summed E-state index contributed by atoms with van der Waals surface area (Å²) in [4.78, 5) is 18.5. The van der Waals surface area contributed by atoms with Crippen molar-refractivity contribution in [1.29, 1.82) is 0 Å². The first-order chi connectivity index (χ1) is 7.24. The van der Waals surface area contributed by atoms with Gasteiger partial charge in [-0.2, -0.15) is 0 Å². The molecule has 0 aliphatic heterocycles. The van der Waals surface area contributed by atoms with Gasteiger partial charge in [0.25, 0.3) is 5.91 Å². The second-order valence-corrected chi connectivity index (χ2v) is 2.16. The molecule has 0 aliphatic rings. The third-order valence-corrected chi connectivity index (χ3v) is 1.21. The molecule has 0 bridgehead atoms. The number of aryl methyl sites for hydroxylation is 1. The van der Waals surface area contributed by atoms with Crippen LogP contribution in [0.2, 0.25) is 0 Å². The standard InChI is InChI=1S/C7H9N3O.2C2H6/c1-5-3-9-6(10-4-5)7(11)8-2;2*1-2/h3-4H,1-2H3,(H,8,11);2*1-2H3. The van der Waals surface area contributed by atoms with E-state index in [4.69, 9.17) is 0 Å². The average Bonchev–Trinajstić information content (AvgIpc) is 2.34. The Kier molecular flexibility index (Phi) is 11.3. The summed E-state index contributed by atoms with van der Waals surface area (Å²) in [5.74, 6) is -0.0527. The van der Waals surface area contributed by atoms with E-state index in [0.717, 1.165) is 5.56 Å². The van der Waals surface area contributed by atoms with Crippen LogP contribution in [0.5, 0.6) is 0 Å². The van der Waals surface area contributed by atoms with Crippen LogP contribution in [0.4, 0.5) is 0 Å². The van der Waals surface area contributed by atoms with Crippen molar-refractivity contribution in [2.24, 2.45) is 0 Å². The van der Waals surface area contributed by atoms with Crippen LogP contribution in [0.15, 0.2) is 12.4 Å². The Labute approximate surface area is 92.1 Å². The highest BCUT2D eigenvalue weighted by molar-refractivity contribution is 5.89. The van der Waals surface area contributed by atoms with Crippen LogP contribution in [0.1, 0.15) is 43.9 Å². The monoisotopic (exact) mass is 211 g/mol. The van der Waals surface area contributed by atoms with Crippen molar-refractivity contribution in [3.8, 4) is 0 Å². The van der Waals surface area contributed by atoms with Crippen LogP contribution in [-0.2, 0) is 0 Å². The van der Waals surface area contributed by atoms with E-state index in [-0.39, 0.29) is 11.7 Å². The predicted molar refractivity (Wildman–Crippen MR) is 62.9 cm³/mol. The lowest BCUT2D eigenvalue weighted by atomic mass is 10.4. The molecule has 1 heterocycles. The topological polar surface area (TPSA) is 54.9 Å². The Morgan fingerprint density at radius 3 is 1.87 bits per heavy atom.